The average Bonchev–Trinajstić information content (AvgIpc) is 2.64. The Hall–Kier alpha value is -3.05. The largest absolute Gasteiger partial charge is 0.497 e. The molecule has 0 fully saturated rings. The van der Waals surface area contributed by atoms with Crippen LogP contribution in [0.3, 0.4) is 0 Å². The first-order valence-corrected chi connectivity index (χ1v) is 8.33. The number of aromatic nitrogens is 1. The minimum absolute atomic E-state index is 0.189. The Balaban J connectivity index is 1.79. The zero-order chi connectivity index (χ0) is 18.5. The van der Waals surface area contributed by atoms with Gasteiger partial charge in [-0.25, -0.2) is 0 Å². The van der Waals surface area contributed by atoms with Gasteiger partial charge in [0, 0.05) is 23.0 Å². The van der Waals surface area contributed by atoms with Gasteiger partial charge in [0.15, 0.2) is 0 Å². The lowest BCUT2D eigenvalue weighted by molar-refractivity contribution is 0.102. The molecule has 0 saturated carbocycles. The first-order valence-electron chi connectivity index (χ1n) is 7.95. The van der Waals surface area contributed by atoms with Crippen LogP contribution >= 0.6 is 11.6 Å². The minimum atomic E-state index is -0.296. The maximum absolute atomic E-state index is 12.5. The molecule has 0 bridgehead atoms. The lowest BCUT2D eigenvalue weighted by Gasteiger charge is -2.10. The number of nitrogens with zero attached hydrogens (tertiary/aromatic N) is 1. The van der Waals surface area contributed by atoms with Crippen molar-refractivity contribution >= 4 is 23.2 Å². The molecule has 132 valence electrons. The van der Waals surface area contributed by atoms with Gasteiger partial charge in [-0.2, -0.15) is 0 Å². The molecule has 0 radical (unpaired) electrons. The van der Waals surface area contributed by atoms with Crippen molar-refractivity contribution in [1.29, 1.82) is 0 Å². The van der Waals surface area contributed by atoms with Crippen LogP contribution in [0.1, 0.15) is 15.9 Å². The average molecular weight is 369 g/mol. The van der Waals surface area contributed by atoms with Gasteiger partial charge < -0.3 is 14.6 Å². The van der Waals surface area contributed by atoms with Gasteiger partial charge in [-0.05, 0) is 48.0 Å². The molecule has 6 heteroatoms. The fourth-order valence-corrected chi connectivity index (χ4v) is 2.71. The zero-order valence-electron chi connectivity index (χ0n) is 14.1. The molecule has 1 heterocycles. The second-order valence-electron chi connectivity index (χ2n) is 5.70. The van der Waals surface area contributed by atoms with E-state index >= 15 is 0 Å². The number of pyridine rings is 1. The zero-order valence-corrected chi connectivity index (χ0v) is 14.9. The molecule has 26 heavy (non-hydrogen) atoms. The van der Waals surface area contributed by atoms with Crippen LogP contribution in [0.2, 0.25) is 5.02 Å². The molecule has 1 N–H and O–H groups in total. The summed E-state index contributed by atoms with van der Waals surface area (Å²) in [7, 11) is 1.58. The quantitative estimate of drug-likeness (QED) is 0.745. The summed E-state index contributed by atoms with van der Waals surface area (Å²) in [6.45, 7) is 0.336. The highest BCUT2D eigenvalue weighted by molar-refractivity contribution is 6.30. The Kier molecular flexibility index (Phi) is 5.39. The van der Waals surface area contributed by atoms with Crippen LogP contribution in [-0.4, -0.2) is 17.6 Å². The summed E-state index contributed by atoms with van der Waals surface area (Å²) in [6, 6.07) is 17.2. The molecule has 0 aliphatic heterocycles. The summed E-state index contributed by atoms with van der Waals surface area (Å²) in [5.41, 5.74) is 1.73. The predicted molar refractivity (Wildman–Crippen MR) is 102 cm³/mol. The molecule has 5 nitrogen and oxygen atoms in total. The monoisotopic (exact) mass is 368 g/mol. The Morgan fingerprint density at radius 1 is 1.12 bits per heavy atom. The number of carbonyl (C=O) groups is 1. The topological polar surface area (TPSA) is 60.3 Å². The van der Waals surface area contributed by atoms with Gasteiger partial charge in [-0.15, -0.1) is 0 Å². The lowest BCUT2D eigenvalue weighted by Crippen LogP contribution is -2.22. The van der Waals surface area contributed by atoms with Gasteiger partial charge in [0.2, 0.25) is 0 Å². The van der Waals surface area contributed by atoms with Crippen molar-refractivity contribution in [3.8, 4) is 5.75 Å². The minimum Gasteiger partial charge on any atom is -0.497 e. The molecule has 0 aliphatic rings. The Morgan fingerprint density at radius 3 is 2.58 bits per heavy atom. The fourth-order valence-electron chi connectivity index (χ4n) is 2.50. The Labute approximate surface area is 155 Å². The van der Waals surface area contributed by atoms with E-state index in [9.17, 15) is 9.59 Å². The summed E-state index contributed by atoms with van der Waals surface area (Å²) < 4.78 is 6.57. The van der Waals surface area contributed by atoms with E-state index in [1.165, 1.54) is 16.7 Å². The van der Waals surface area contributed by atoms with Gasteiger partial charge >= 0.3 is 0 Å². The standard InChI is InChI=1S/C20H17ClN2O3/c1-26-18-8-6-17(7-9-18)22-20(25)15-5-10-19(24)23(13-15)12-14-3-2-4-16(21)11-14/h2-11,13H,12H2,1H3,(H,22,25). The van der Waals surface area contributed by atoms with Crippen molar-refractivity contribution in [3.63, 3.8) is 0 Å². The Morgan fingerprint density at radius 2 is 1.88 bits per heavy atom. The number of rotatable bonds is 5. The van der Waals surface area contributed by atoms with E-state index in [0.29, 0.717) is 28.6 Å². The smallest absolute Gasteiger partial charge is 0.257 e. The molecular formula is C20H17ClN2O3. The highest BCUT2D eigenvalue weighted by Gasteiger charge is 2.09. The molecule has 0 atom stereocenters. The van der Waals surface area contributed by atoms with Crippen molar-refractivity contribution in [1.82, 2.24) is 4.57 Å². The van der Waals surface area contributed by atoms with Gasteiger partial charge in [0.05, 0.1) is 19.2 Å². The molecule has 0 unspecified atom stereocenters. The van der Waals surface area contributed by atoms with Crippen LogP contribution < -0.4 is 15.6 Å². The van der Waals surface area contributed by atoms with Crippen LogP contribution in [-0.2, 0) is 6.54 Å². The number of nitrogens with one attached hydrogen (secondary N) is 1. The maximum atomic E-state index is 12.5. The third kappa shape index (κ3) is 4.32. The molecular weight excluding hydrogens is 352 g/mol. The molecule has 3 aromatic rings. The van der Waals surface area contributed by atoms with Crippen LogP contribution in [0.15, 0.2) is 71.7 Å². The second-order valence-corrected chi connectivity index (χ2v) is 6.13. The maximum Gasteiger partial charge on any atom is 0.257 e. The molecule has 0 aliphatic carbocycles. The predicted octanol–water partition coefficient (Wildman–Crippen LogP) is 3.81. The van der Waals surface area contributed by atoms with Crippen LogP contribution in [0.25, 0.3) is 0 Å². The third-order valence-corrected chi connectivity index (χ3v) is 4.07. The van der Waals surface area contributed by atoms with E-state index in [-0.39, 0.29) is 11.5 Å². The number of halogens is 1. The number of amides is 1. The van der Waals surface area contributed by atoms with Crippen molar-refractivity contribution in [2.75, 3.05) is 12.4 Å². The SMILES string of the molecule is COc1ccc(NC(=O)c2ccc(=O)n(Cc3cccc(Cl)c3)c2)cc1. The highest BCUT2D eigenvalue weighted by atomic mass is 35.5. The first-order chi connectivity index (χ1) is 12.5. The summed E-state index contributed by atoms with van der Waals surface area (Å²) in [5, 5.41) is 3.40. The number of ether oxygens (including phenoxy) is 1. The van der Waals surface area contributed by atoms with E-state index in [0.717, 1.165) is 5.56 Å². The van der Waals surface area contributed by atoms with Gasteiger partial charge in [0.25, 0.3) is 11.5 Å². The number of hydrogen-bond donors (Lipinski definition) is 1. The number of anilines is 1. The second kappa shape index (κ2) is 7.89. The Bertz CT molecular complexity index is 981. The number of hydrogen-bond acceptors (Lipinski definition) is 3. The number of benzene rings is 2. The van der Waals surface area contributed by atoms with Gasteiger partial charge in [0.1, 0.15) is 5.75 Å². The van der Waals surface area contributed by atoms with Gasteiger partial charge in [-0.3, -0.25) is 9.59 Å². The third-order valence-electron chi connectivity index (χ3n) is 3.84. The van der Waals surface area contributed by atoms with Crippen molar-refractivity contribution in [3.05, 3.63) is 93.4 Å². The fraction of sp³-hybridized carbons (Fsp3) is 0.100. The summed E-state index contributed by atoms with van der Waals surface area (Å²) in [4.78, 5) is 24.6. The van der Waals surface area contributed by atoms with Gasteiger partial charge in [-0.1, -0.05) is 23.7 Å². The van der Waals surface area contributed by atoms with Crippen LogP contribution in [0.5, 0.6) is 5.75 Å². The molecule has 1 amide bonds. The summed E-state index contributed by atoms with van der Waals surface area (Å²) >= 11 is 5.98. The normalized spacial score (nSPS) is 10.4. The van der Waals surface area contributed by atoms with E-state index in [4.69, 9.17) is 16.3 Å². The molecule has 0 saturated heterocycles. The summed E-state index contributed by atoms with van der Waals surface area (Å²) in [6.07, 6.45) is 1.54. The van der Waals surface area contributed by atoms with Crippen LogP contribution in [0, 0.1) is 0 Å². The molecule has 2 aromatic carbocycles. The number of carbonyl (C=O) groups excluding carboxylic acids is 1. The molecule has 3 rings (SSSR count). The molecule has 1 aromatic heterocycles. The van der Waals surface area contributed by atoms with Crippen LogP contribution in [0.4, 0.5) is 5.69 Å². The highest BCUT2D eigenvalue weighted by Crippen LogP contribution is 2.16. The van der Waals surface area contributed by atoms with E-state index in [2.05, 4.69) is 5.32 Å². The van der Waals surface area contributed by atoms with Crippen molar-refractivity contribution in [2.45, 2.75) is 6.54 Å². The summed E-state index contributed by atoms with van der Waals surface area (Å²) in [5.74, 6) is 0.410. The first kappa shape index (κ1) is 17.8. The van der Waals surface area contributed by atoms with E-state index in [1.807, 2.05) is 12.1 Å². The van der Waals surface area contributed by atoms with Crippen molar-refractivity contribution < 1.29 is 9.53 Å². The van der Waals surface area contributed by atoms with Crippen molar-refractivity contribution in [2.24, 2.45) is 0 Å². The van der Waals surface area contributed by atoms with E-state index < -0.39 is 0 Å². The lowest BCUT2D eigenvalue weighted by atomic mass is 10.2. The number of methoxy groups -OCH3 is 1. The van der Waals surface area contributed by atoms with E-state index in [1.54, 1.807) is 49.7 Å². The molecule has 0 spiro atoms.